The first-order valence-electron chi connectivity index (χ1n) is 8.37. The molecule has 6 nitrogen and oxygen atoms in total. The van der Waals surface area contributed by atoms with Crippen LogP contribution in [-0.2, 0) is 11.2 Å². The minimum Gasteiger partial charge on any atom is -0.300 e. The Labute approximate surface area is 160 Å². The summed E-state index contributed by atoms with van der Waals surface area (Å²) >= 11 is 2.84. The molecule has 1 aromatic carbocycles. The first kappa shape index (κ1) is 18.5. The van der Waals surface area contributed by atoms with Crippen LogP contribution in [0.15, 0.2) is 47.8 Å². The lowest BCUT2D eigenvalue weighted by Crippen LogP contribution is -2.24. The highest BCUT2D eigenvalue weighted by Gasteiger charge is 2.20. The van der Waals surface area contributed by atoms with Crippen molar-refractivity contribution in [2.45, 2.75) is 37.0 Å². The van der Waals surface area contributed by atoms with Gasteiger partial charge in [-0.25, -0.2) is 9.97 Å². The lowest BCUT2D eigenvalue weighted by molar-refractivity contribution is -0.115. The molecule has 3 aromatic rings. The van der Waals surface area contributed by atoms with Crippen molar-refractivity contribution in [3.63, 3.8) is 0 Å². The third kappa shape index (κ3) is 4.64. The van der Waals surface area contributed by atoms with Crippen LogP contribution >= 0.6 is 23.1 Å². The number of amides is 1. The molecule has 1 amide bonds. The number of nitrogens with zero attached hydrogens (tertiary/aromatic N) is 4. The van der Waals surface area contributed by atoms with Crippen LogP contribution in [-0.4, -0.2) is 31.3 Å². The standard InChI is InChI=1S/C18H19N5OS2/c1-3-14(17(24)21-18-23-22-15(4-2)26-18)25-16-10-13(19-11-20-16)12-8-6-5-7-9-12/h5-11,14H,3-4H2,1-2H3,(H,21,23,24)/t14-/m0/s1. The van der Waals surface area contributed by atoms with Gasteiger partial charge in [0.25, 0.3) is 0 Å². The maximum Gasteiger partial charge on any atom is 0.239 e. The summed E-state index contributed by atoms with van der Waals surface area (Å²) in [4.78, 5) is 21.2. The molecule has 2 heterocycles. The zero-order valence-corrected chi connectivity index (χ0v) is 16.2. The lowest BCUT2D eigenvalue weighted by atomic mass is 10.1. The highest BCUT2D eigenvalue weighted by atomic mass is 32.2. The van der Waals surface area contributed by atoms with Crippen molar-refractivity contribution in [1.82, 2.24) is 20.2 Å². The van der Waals surface area contributed by atoms with Crippen LogP contribution in [0.1, 0.15) is 25.3 Å². The molecule has 8 heteroatoms. The summed E-state index contributed by atoms with van der Waals surface area (Å²) in [5, 5.41) is 12.8. The predicted octanol–water partition coefficient (Wildman–Crippen LogP) is 4.07. The van der Waals surface area contributed by atoms with Crippen molar-refractivity contribution in [3.05, 3.63) is 47.7 Å². The molecule has 26 heavy (non-hydrogen) atoms. The molecule has 0 unspecified atom stereocenters. The molecule has 0 saturated heterocycles. The maximum absolute atomic E-state index is 12.6. The van der Waals surface area contributed by atoms with Crippen LogP contribution in [0.25, 0.3) is 11.3 Å². The number of benzene rings is 1. The minimum absolute atomic E-state index is 0.0869. The molecule has 0 fully saturated rings. The molecule has 0 radical (unpaired) electrons. The Hall–Kier alpha value is -2.32. The molecule has 0 aliphatic carbocycles. The fraction of sp³-hybridized carbons (Fsp3) is 0.278. The molecule has 2 aromatic heterocycles. The van der Waals surface area contributed by atoms with Crippen LogP contribution in [0.3, 0.4) is 0 Å². The average Bonchev–Trinajstić information content (AvgIpc) is 3.14. The van der Waals surface area contributed by atoms with Gasteiger partial charge in [-0.05, 0) is 18.9 Å². The van der Waals surface area contributed by atoms with Crippen LogP contribution in [0.2, 0.25) is 0 Å². The van der Waals surface area contributed by atoms with E-state index in [9.17, 15) is 4.79 Å². The number of thioether (sulfide) groups is 1. The van der Waals surface area contributed by atoms with Gasteiger partial charge in [0.2, 0.25) is 11.0 Å². The van der Waals surface area contributed by atoms with E-state index in [2.05, 4.69) is 25.5 Å². The summed E-state index contributed by atoms with van der Waals surface area (Å²) in [6.07, 6.45) is 3.02. The largest absolute Gasteiger partial charge is 0.300 e. The second-order valence-electron chi connectivity index (χ2n) is 5.47. The monoisotopic (exact) mass is 385 g/mol. The smallest absolute Gasteiger partial charge is 0.239 e. The summed E-state index contributed by atoms with van der Waals surface area (Å²) in [6, 6.07) is 11.8. The number of rotatable bonds is 7. The maximum atomic E-state index is 12.6. The minimum atomic E-state index is -0.262. The normalized spacial score (nSPS) is 11.9. The van der Waals surface area contributed by atoms with E-state index in [0.29, 0.717) is 11.6 Å². The van der Waals surface area contributed by atoms with Crippen molar-refractivity contribution in [2.75, 3.05) is 5.32 Å². The molecule has 0 spiro atoms. The number of carbonyl (C=O) groups excluding carboxylic acids is 1. The van der Waals surface area contributed by atoms with Crippen molar-refractivity contribution >= 4 is 34.1 Å². The van der Waals surface area contributed by atoms with Gasteiger partial charge in [-0.2, -0.15) is 0 Å². The zero-order valence-electron chi connectivity index (χ0n) is 14.5. The Balaban J connectivity index is 1.70. The van der Waals surface area contributed by atoms with E-state index in [1.807, 2.05) is 50.2 Å². The van der Waals surface area contributed by atoms with Gasteiger partial charge in [0.15, 0.2) is 0 Å². The third-order valence-corrected chi connectivity index (χ3v) is 5.92. The van der Waals surface area contributed by atoms with E-state index in [1.54, 1.807) is 0 Å². The van der Waals surface area contributed by atoms with Crippen molar-refractivity contribution in [1.29, 1.82) is 0 Å². The van der Waals surface area contributed by atoms with Gasteiger partial charge in [0, 0.05) is 5.56 Å². The van der Waals surface area contributed by atoms with Crippen LogP contribution in [0.4, 0.5) is 5.13 Å². The molecule has 0 bridgehead atoms. The predicted molar refractivity (Wildman–Crippen MR) is 105 cm³/mol. The first-order valence-corrected chi connectivity index (χ1v) is 10.1. The summed E-state index contributed by atoms with van der Waals surface area (Å²) in [6.45, 7) is 3.99. The topological polar surface area (TPSA) is 80.7 Å². The Morgan fingerprint density at radius 1 is 1.19 bits per heavy atom. The van der Waals surface area contributed by atoms with Crippen molar-refractivity contribution in [3.8, 4) is 11.3 Å². The summed E-state index contributed by atoms with van der Waals surface area (Å²) in [7, 11) is 0. The number of aryl methyl sites for hydroxylation is 1. The molecule has 1 N–H and O–H groups in total. The van der Waals surface area contributed by atoms with Gasteiger partial charge >= 0.3 is 0 Å². The fourth-order valence-electron chi connectivity index (χ4n) is 2.27. The van der Waals surface area contributed by atoms with Gasteiger partial charge in [0.1, 0.15) is 16.4 Å². The fourth-order valence-corrected chi connectivity index (χ4v) is 3.87. The summed E-state index contributed by atoms with van der Waals surface area (Å²) < 4.78 is 0. The van der Waals surface area contributed by atoms with Gasteiger partial charge in [-0.15, -0.1) is 10.2 Å². The molecule has 0 aliphatic rings. The molecule has 1 atom stereocenters. The Kier molecular flexibility index (Phi) is 6.30. The first-order chi connectivity index (χ1) is 12.7. The van der Waals surface area contributed by atoms with Crippen LogP contribution in [0, 0.1) is 0 Å². The highest BCUT2D eigenvalue weighted by molar-refractivity contribution is 8.00. The number of carbonyl (C=O) groups is 1. The second-order valence-corrected chi connectivity index (χ2v) is 7.75. The Bertz CT molecular complexity index is 869. The second kappa shape index (κ2) is 8.86. The highest BCUT2D eigenvalue weighted by Crippen LogP contribution is 2.28. The van der Waals surface area contributed by atoms with Crippen molar-refractivity contribution in [2.24, 2.45) is 0 Å². The van der Waals surface area contributed by atoms with E-state index in [4.69, 9.17) is 0 Å². The van der Waals surface area contributed by atoms with Gasteiger partial charge in [-0.1, -0.05) is 67.3 Å². The number of hydrogen-bond acceptors (Lipinski definition) is 7. The van der Waals surface area contributed by atoms with Gasteiger partial charge < -0.3 is 0 Å². The van der Waals surface area contributed by atoms with E-state index >= 15 is 0 Å². The quantitative estimate of drug-likeness (QED) is 0.488. The van der Waals surface area contributed by atoms with Crippen molar-refractivity contribution < 1.29 is 4.79 Å². The van der Waals surface area contributed by atoms with E-state index in [1.165, 1.54) is 29.4 Å². The van der Waals surface area contributed by atoms with Gasteiger partial charge in [0.05, 0.1) is 10.9 Å². The Morgan fingerprint density at radius 2 is 2.00 bits per heavy atom. The molecule has 134 valence electrons. The number of nitrogens with one attached hydrogen (secondary N) is 1. The summed E-state index contributed by atoms with van der Waals surface area (Å²) in [5.74, 6) is -0.0869. The third-order valence-electron chi connectivity index (χ3n) is 3.64. The average molecular weight is 386 g/mol. The molecule has 0 saturated carbocycles. The van der Waals surface area contributed by atoms with E-state index in [0.717, 1.165) is 27.7 Å². The molecular weight excluding hydrogens is 366 g/mol. The van der Waals surface area contributed by atoms with Crippen LogP contribution in [0.5, 0.6) is 0 Å². The molecular formula is C18H19N5OS2. The number of hydrogen-bond donors (Lipinski definition) is 1. The number of anilines is 1. The lowest BCUT2D eigenvalue weighted by Gasteiger charge is -2.13. The SMILES string of the molecule is CCc1nnc(NC(=O)[C@H](CC)Sc2cc(-c3ccccc3)ncn2)s1. The molecule has 0 aliphatic heterocycles. The van der Waals surface area contributed by atoms with E-state index < -0.39 is 0 Å². The zero-order chi connectivity index (χ0) is 18.4. The van der Waals surface area contributed by atoms with E-state index in [-0.39, 0.29) is 11.2 Å². The number of aromatic nitrogens is 4. The Morgan fingerprint density at radius 3 is 2.69 bits per heavy atom. The van der Waals surface area contributed by atoms with Gasteiger partial charge in [-0.3, -0.25) is 10.1 Å². The van der Waals surface area contributed by atoms with Crippen LogP contribution < -0.4 is 5.32 Å². The molecule has 3 rings (SSSR count). The summed E-state index contributed by atoms with van der Waals surface area (Å²) in [5.41, 5.74) is 1.87.